The first kappa shape index (κ1) is 27.2. The summed E-state index contributed by atoms with van der Waals surface area (Å²) in [6.45, 7) is 2.17. The van der Waals surface area contributed by atoms with Gasteiger partial charge in [0.05, 0.1) is 23.4 Å². The summed E-state index contributed by atoms with van der Waals surface area (Å²) in [5.74, 6) is -3.13. The fraction of sp³-hybridized carbons (Fsp3) is 0.269. The SMILES string of the molecule is CCOc1ncccc1-c1ccc(N2CCN(C(=O)c3ccc(Cl)cc3C(F)(F)F)CC2)c(C(=O)O)c1F. The highest BCUT2D eigenvalue weighted by atomic mass is 35.5. The summed E-state index contributed by atoms with van der Waals surface area (Å²) in [5, 5.41) is 9.70. The lowest BCUT2D eigenvalue weighted by Gasteiger charge is -2.37. The molecule has 12 heteroatoms. The molecule has 0 unspecified atom stereocenters. The van der Waals surface area contributed by atoms with Crippen LogP contribution in [-0.4, -0.2) is 59.7 Å². The Hall–Kier alpha value is -3.86. The molecule has 4 rings (SSSR count). The molecule has 0 bridgehead atoms. The van der Waals surface area contributed by atoms with Crippen molar-refractivity contribution in [2.45, 2.75) is 13.1 Å². The summed E-state index contributed by atoms with van der Waals surface area (Å²) < 4.78 is 61.5. The van der Waals surface area contributed by atoms with Crippen LogP contribution in [0.15, 0.2) is 48.7 Å². The third-order valence-corrected chi connectivity index (χ3v) is 6.34. The van der Waals surface area contributed by atoms with E-state index in [9.17, 15) is 27.9 Å². The van der Waals surface area contributed by atoms with Gasteiger partial charge in [-0.05, 0) is 49.4 Å². The first-order valence-corrected chi connectivity index (χ1v) is 12.0. The average Bonchev–Trinajstić information content (AvgIpc) is 2.88. The zero-order valence-electron chi connectivity index (χ0n) is 20.1. The number of rotatable bonds is 6. The van der Waals surface area contributed by atoms with E-state index in [2.05, 4.69) is 4.98 Å². The molecule has 0 radical (unpaired) electrons. The Bertz CT molecular complexity index is 1380. The number of halogens is 5. The molecule has 0 atom stereocenters. The number of anilines is 1. The maximum atomic E-state index is 15.6. The van der Waals surface area contributed by atoms with Crippen LogP contribution >= 0.6 is 11.6 Å². The number of ether oxygens (including phenoxy) is 1. The van der Waals surface area contributed by atoms with Gasteiger partial charge in [0, 0.05) is 48.5 Å². The van der Waals surface area contributed by atoms with Crippen molar-refractivity contribution in [1.82, 2.24) is 9.88 Å². The van der Waals surface area contributed by atoms with Crippen molar-refractivity contribution >= 4 is 29.2 Å². The van der Waals surface area contributed by atoms with Gasteiger partial charge in [-0.3, -0.25) is 4.79 Å². The maximum Gasteiger partial charge on any atom is 0.417 e. The second kappa shape index (κ2) is 10.9. The maximum absolute atomic E-state index is 15.6. The van der Waals surface area contributed by atoms with Crippen LogP contribution in [0.3, 0.4) is 0 Å². The molecule has 1 amide bonds. The number of nitrogens with zero attached hydrogens (tertiary/aromatic N) is 3. The highest BCUT2D eigenvalue weighted by Crippen LogP contribution is 2.37. The lowest BCUT2D eigenvalue weighted by atomic mass is 10.00. The number of aromatic carboxylic acids is 1. The first-order chi connectivity index (χ1) is 18.0. The number of aromatic nitrogens is 1. The number of carboxylic acids is 1. The van der Waals surface area contributed by atoms with Crippen molar-refractivity contribution in [3.63, 3.8) is 0 Å². The largest absolute Gasteiger partial charge is 0.478 e. The van der Waals surface area contributed by atoms with Crippen molar-refractivity contribution < 1.29 is 37.0 Å². The molecule has 7 nitrogen and oxygen atoms in total. The summed E-state index contributed by atoms with van der Waals surface area (Å²) in [5.41, 5.74) is -1.84. The van der Waals surface area contributed by atoms with Crippen LogP contribution in [0.2, 0.25) is 5.02 Å². The van der Waals surface area contributed by atoms with Crippen molar-refractivity contribution in [2.24, 2.45) is 0 Å². The van der Waals surface area contributed by atoms with E-state index >= 15 is 4.39 Å². The standard InChI is InChI=1S/C26H22ClF4N3O4/c1-2-38-23-17(4-3-9-32-23)16-7-8-20(21(22(16)28)25(36)37)33-10-12-34(13-11-33)24(35)18-6-5-15(27)14-19(18)26(29,30)31/h3-9,14H,2,10-13H2,1H3,(H,36,37). The van der Waals surface area contributed by atoms with E-state index < -0.39 is 40.6 Å². The Morgan fingerprint density at radius 3 is 2.42 bits per heavy atom. The van der Waals surface area contributed by atoms with Gasteiger partial charge in [0.1, 0.15) is 11.4 Å². The highest BCUT2D eigenvalue weighted by molar-refractivity contribution is 6.30. The normalized spacial score (nSPS) is 13.9. The highest BCUT2D eigenvalue weighted by Gasteiger charge is 2.37. The Balaban J connectivity index is 1.60. The second-order valence-electron chi connectivity index (χ2n) is 8.38. The minimum absolute atomic E-state index is 0.000989. The van der Waals surface area contributed by atoms with Gasteiger partial charge in [-0.2, -0.15) is 13.2 Å². The molecule has 38 heavy (non-hydrogen) atoms. The molecule has 0 spiro atoms. The molecule has 1 fully saturated rings. The number of carbonyl (C=O) groups is 2. The average molecular weight is 552 g/mol. The number of benzene rings is 2. The number of alkyl halides is 3. The van der Waals surface area contributed by atoms with E-state index in [4.69, 9.17) is 16.3 Å². The van der Waals surface area contributed by atoms with Gasteiger partial charge in [-0.25, -0.2) is 14.2 Å². The van der Waals surface area contributed by atoms with Crippen LogP contribution in [-0.2, 0) is 6.18 Å². The van der Waals surface area contributed by atoms with Gasteiger partial charge < -0.3 is 19.6 Å². The first-order valence-electron chi connectivity index (χ1n) is 11.6. The molecular weight excluding hydrogens is 530 g/mol. The summed E-state index contributed by atoms with van der Waals surface area (Å²) in [4.78, 5) is 31.9. The van der Waals surface area contributed by atoms with Gasteiger partial charge >= 0.3 is 12.1 Å². The lowest BCUT2D eigenvalue weighted by Crippen LogP contribution is -2.49. The van der Waals surface area contributed by atoms with Crippen LogP contribution in [0.25, 0.3) is 11.1 Å². The number of piperazine rings is 1. The van der Waals surface area contributed by atoms with Crippen LogP contribution in [0.1, 0.15) is 33.2 Å². The van der Waals surface area contributed by atoms with Gasteiger partial charge in [-0.15, -0.1) is 0 Å². The number of pyridine rings is 1. The molecule has 1 aliphatic rings. The second-order valence-corrected chi connectivity index (χ2v) is 8.82. The molecule has 2 aromatic carbocycles. The van der Waals surface area contributed by atoms with Crippen molar-refractivity contribution in [3.8, 4) is 17.0 Å². The summed E-state index contributed by atoms with van der Waals surface area (Å²) in [7, 11) is 0. The number of amides is 1. The number of hydrogen-bond acceptors (Lipinski definition) is 5. The minimum atomic E-state index is -4.77. The van der Waals surface area contributed by atoms with Crippen LogP contribution in [0.5, 0.6) is 5.88 Å². The molecule has 3 aromatic rings. The fourth-order valence-electron chi connectivity index (χ4n) is 4.35. The van der Waals surface area contributed by atoms with E-state index in [-0.39, 0.29) is 54.9 Å². The molecule has 1 aliphatic heterocycles. The summed E-state index contributed by atoms with van der Waals surface area (Å²) >= 11 is 5.71. The van der Waals surface area contributed by atoms with E-state index in [1.165, 1.54) is 29.3 Å². The molecule has 1 saturated heterocycles. The third-order valence-electron chi connectivity index (χ3n) is 6.10. The molecule has 200 valence electrons. The van der Waals surface area contributed by atoms with E-state index in [0.717, 1.165) is 6.07 Å². The van der Waals surface area contributed by atoms with Crippen molar-refractivity contribution in [3.05, 3.63) is 76.2 Å². The zero-order valence-corrected chi connectivity index (χ0v) is 20.8. The minimum Gasteiger partial charge on any atom is -0.478 e. The number of carboxylic acid groups (broad SMARTS) is 1. The molecule has 0 saturated carbocycles. The Morgan fingerprint density at radius 2 is 1.79 bits per heavy atom. The Morgan fingerprint density at radius 1 is 1.08 bits per heavy atom. The van der Waals surface area contributed by atoms with E-state index in [1.807, 2.05) is 0 Å². The number of hydrogen-bond donors (Lipinski definition) is 1. The molecule has 1 N–H and O–H groups in total. The van der Waals surface area contributed by atoms with Gasteiger partial charge in [-0.1, -0.05) is 11.6 Å². The zero-order chi connectivity index (χ0) is 27.6. The van der Waals surface area contributed by atoms with E-state index in [0.29, 0.717) is 11.6 Å². The van der Waals surface area contributed by atoms with Gasteiger partial charge in [0.2, 0.25) is 5.88 Å². The van der Waals surface area contributed by atoms with Crippen molar-refractivity contribution in [1.29, 1.82) is 0 Å². The topological polar surface area (TPSA) is 83.0 Å². The monoisotopic (exact) mass is 551 g/mol. The quantitative estimate of drug-likeness (QED) is 0.401. The Kier molecular flexibility index (Phi) is 7.77. The molecule has 0 aliphatic carbocycles. The van der Waals surface area contributed by atoms with Gasteiger partial charge in [0.25, 0.3) is 5.91 Å². The summed E-state index contributed by atoms with van der Waals surface area (Å²) in [6, 6.07) is 8.98. The predicted octanol–water partition coefficient (Wildman–Crippen LogP) is 5.62. The molecule has 2 heterocycles. The summed E-state index contributed by atoms with van der Waals surface area (Å²) in [6.07, 6.45) is -3.30. The third kappa shape index (κ3) is 5.38. The smallest absolute Gasteiger partial charge is 0.417 e. The van der Waals surface area contributed by atoms with Crippen LogP contribution in [0, 0.1) is 5.82 Å². The van der Waals surface area contributed by atoms with Crippen LogP contribution < -0.4 is 9.64 Å². The Labute approximate surface area is 220 Å². The lowest BCUT2D eigenvalue weighted by molar-refractivity contribution is -0.138. The van der Waals surface area contributed by atoms with Crippen molar-refractivity contribution in [2.75, 3.05) is 37.7 Å². The number of carbonyl (C=O) groups excluding carboxylic acids is 1. The van der Waals surface area contributed by atoms with Gasteiger partial charge in [0.15, 0.2) is 0 Å². The predicted molar refractivity (Wildman–Crippen MR) is 132 cm³/mol. The molecular formula is C26H22ClF4N3O4. The fourth-order valence-corrected chi connectivity index (χ4v) is 4.52. The molecule has 1 aromatic heterocycles. The van der Waals surface area contributed by atoms with Crippen LogP contribution in [0.4, 0.5) is 23.2 Å². The van der Waals surface area contributed by atoms with E-state index in [1.54, 1.807) is 24.0 Å².